The van der Waals surface area contributed by atoms with Crippen molar-refractivity contribution < 1.29 is 0 Å². The van der Waals surface area contributed by atoms with Gasteiger partial charge in [-0.25, -0.2) is 0 Å². The van der Waals surface area contributed by atoms with E-state index in [2.05, 4.69) is 74.2 Å². The van der Waals surface area contributed by atoms with Gasteiger partial charge in [-0.3, -0.25) is 9.80 Å². The molecule has 3 nitrogen and oxygen atoms in total. The van der Waals surface area contributed by atoms with Gasteiger partial charge in [-0.15, -0.1) is 0 Å². The van der Waals surface area contributed by atoms with E-state index in [1.807, 2.05) is 6.07 Å². The maximum absolute atomic E-state index is 2.25. The van der Waals surface area contributed by atoms with E-state index < -0.39 is 0 Å². The first-order valence-corrected chi connectivity index (χ1v) is 5.14. The molecule has 0 spiro atoms. The van der Waals surface area contributed by atoms with Crippen LogP contribution in [-0.4, -0.2) is 51.3 Å². The molecular weight excluding hydrogens is 186 g/mol. The van der Waals surface area contributed by atoms with Crippen molar-refractivity contribution in [1.82, 2.24) is 9.80 Å². The minimum Gasteiger partial charge on any atom is -0.346 e. The normalized spacial score (nSPS) is 11.5. The summed E-state index contributed by atoms with van der Waals surface area (Å²) in [4.78, 5) is 6.62. The molecule has 0 unspecified atom stereocenters. The van der Waals surface area contributed by atoms with Gasteiger partial charge in [0, 0.05) is 12.7 Å². The van der Waals surface area contributed by atoms with Gasteiger partial charge in [-0.05, 0) is 40.3 Å². The van der Waals surface area contributed by atoms with Crippen LogP contribution < -0.4 is 4.90 Å². The van der Waals surface area contributed by atoms with Crippen LogP contribution in [-0.2, 0) is 0 Å². The van der Waals surface area contributed by atoms with Crippen LogP contribution in [0.2, 0.25) is 0 Å². The van der Waals surface area contributed by atoms with E-state index in [4.69, 9.17) is 0 Å². The summed E-state index contributed by atoms with van der Waals surface area (Å²) in [5.74, 6) is 0. The Morgan fingerprint density at radius 1 is 0.800 bits per heavy atom. The van der Waals surface area contributed by atoms with E-state index in [9.17, 15) is 0 Å². The minimum absolute atomic E-state index is 0.271. The fourth-order valence-corrected chi connectivity index (χ4v) is 1.95. The number of benzene rings is 1. The zero-order valence-corrected chi connectivity index (χ0v) is 10.3. The first-order chi connectivity index (χ1) is 7.04. The second-order valence-electron chi connectivity index (χ2n) is 4.22. The highest BCUT2D eigenvalue weighted by atomic mass is 15.5. The van der Waals surface area contributed by atoms with E-state index >= 15 is 0 Å². The summed E-state index contributed by atoms with van der Waals surface area (Å²) in [6.07, 6.45) is 0.271. The predicted octanol–water partition coefficient (Wildman–Crippen LogP) is 1.53. The van der Waals surface area contributed by atoms with Crippen LogP contribution in [0.3, 0.4) is 0 Å². The van der Waals surface area contributed by atoms with Crippen LogP contribution in [0.25, 0.3) is 0 Å². The second kappa shape index (κ2) is 5.14. The molecule has 0 aliphatic carbocycles. The molecule has 15 heavy (non-hydrogen) atoms. The van der Waals surface area contributed by atoms with Gasteiger partial charge in [0.05, 0.1) is 0 Å². The Hall–Kier alpha value is -1.06. The van der Waals surface area contributed by atoms with Crippen molar-refractivity contribution in [1.29, 1.82) is 0 Å². The fraction of sp³-hybridized carbons (Fsp3) is 0.500. The maximum Gasteiger partial charge on any atom is 0.138 e. The summed E-state index contributed by atoms with van der Waals surface area (Å²) in [6.45, 7) is 0. The highest BCUT2D eigenvalue weighted by Gasteiger charge is 2.18. The van der Waals surface area contributed by atoms with Gasteiger partial charge in [-0.1, -0.05) is 18.2 Å². The number of para-hydroxylation sites is 1. The summed E-state index contributed by atoms with van der Waals surface area (Å²) in [6, 6.07) is 10.4. The molecule has 84 valence electrons. The summed E-state index contributed by atoms with van der Waals surface area (Å²) in [7, 11) is 10.5. The van der Waals surface area contributed by atoms with Gasteiger partial charge < -0.3 is 4.90 Å². The lowest BCUT2D eigenvalue weighted by molar-refractivity contribution is 0.130. The Labute approximate surface area is 92.9 Å². The largest absolute Gasteiger partial charge is 0.346 e. The van der Waals surface area contributed by atoms with Crippen molar-refractivity contribution in [2.24, 2.45) is 0 Å². The predicted molar refractivity (Wildman–Crippen MR) is 66.0 cm³/mol. The van der Waals surface area contributed by atoms with E-state index in [0.717, 1.165) is 0 Å². The molecule has 0 aliphatic heterocycles. The molecule has 0 saturated carbocycles. The van der Waals surface area contributed by atoms with Crippen LogP contribution >= 0.6 is 0 Å². The van der Waals surface area contributed by atoms with Crippen LogP contribution in [0, 0.1) is 0 Å². The molecule has 0 bridgehead atoms. The topological polar surface area (TPSA) is 9.72 Å². The van der Waals surface area contributed by atoms with Crippen molar-refractivity contribution in [3.8, 4) is 0 Å². The van der Waals surface area contributed by atoms with Gasteiger partial charge >= 0.3 is 0 Å². The van der Waals surface area contributed by atoms with Crippen molar-refractivity contribution in [2.45, 2.75) is 6.29 Å². The molecule has 1 aromatic carbocycles. The molecule has 0 N–H and O–H groups in total. The van der Waals surface area contributed by atoms with E-state index in [-0.39, 0.29) is 6.29 Å². The molecule has 0 aromatic heterocycles. The molecular formula is C12H21N3. The highest BCUT2D eigenvalue weighted by Crippen LogP contribution is 2.16. The quantitative estimate of drug-likeness (QED) is 0.693. The Balaban J connectivity index is 2.86. The summed E-state index contributed by atoms with van der Waals surface area (Å²) in [5.41, 5.74) is 1.23. The lowest BCUT2D eigenvalue weighted by atomic mass is 10.3. The standard InChI is InChI=1S/C12H21N3/c1-13(2)12(14(3)4)15(5)11-9-7-6-8-10-11/h6-10,12H,1-5H3. The summed E-state index contributed by atoms with van der Waals surface area (Å²) < 4.78 is 0. The molecule has 0 atom stereocenters. The Kier molecular flexibility index (Phi) is 4.12. The lowest BCUT2D eigenvalue weighted by Gasteiger charge is -2.39. The molecule has 3 heteroatoms. The molecule has 0 radical (unpaired) electrons. The first-order valence-electron chi connectivity index (χ1n) is 5.14. The van der Waals surface area contributed by atoms with Crippen LogP contribution in [0.5, 0.6) is 0 Å². The van der Waals surface area contributed by atoms with Gasteiger partial charge in [0.25, 0.3) is 0 Å². The monoisotopic (exact) mass is 207 g/mol. The number of rotatable bonds is 4. The average molecular weight is 207 g/mol. The maximum atomic E-state index is 2.25. The molecule has 0 fully saturated rings. The molecule has 0 aliphatic rings. The van der Waals surface area contributed by atoms with Gasteiger partial charge in [0.15, 0.2) is 0 Å². The highest BCUT2D eigenvalue weighted by molar-refractivity contribution is 5.45. The summed E-state index contributed by atoms with van der Waals surface area (Å²) in [5, 5.41) is 0. The van der Waals surface area contributed by atoms with Crippen molar-refractivity contribution >= 4 is 5.69 Å². The smallest absolute Gasteiger partial charge is 0.138 e. The van der Waals surface area contributed by atoms with Crippen LogP contribution in [0.4, 0.5) is 5.69 Å². The van der Waals surface area contributed by atoms with Crippen molar-refractivity contribution in [3.63, 3.8) is 0 Å². The van der Waals surface area contributed by atoms with Crippen molar-refractivity contribution in [3.05, 3.63) is 30.3 Å². The zero-order valence-electron chi connectivity index (χ0n) is 10.3. The third-order valence-corrected chi connectivity index (χ3v) is 2.43. The van der Waals surface area contributed by atoms with E-state index in [1.165, 1.54) is 5.69 Å². The molecule has 1 aromatic rings. The summed E-state index contributed by atoms with van der Waals surface area (Å²) >= 11 is 0. The molecule has 0 amide bonds. The first kappa shape index (κ1) is 12.0. The molecule has 1 rings (SSSR count). The van der Waals surface area contributed by atoms with E-state index in [1.54, 1.807) is 0 Å². The SMILES string of the molecule is CN(C)C(N(C)C)N(C)c1ccccc1. The Morgan fingerprint density at radius 2 is 1.27 bits per heavy atom. The second-order valence-corrected chi connectivity index (χ2v) is 4.22. The van der Waals surface area contributed by atoms with Gasteiger partial charge in [-0.2, -0.15) is 0 Å². The Bertz CT molecular complexity index is 274. The minimum atomic E-state index is 0.271. The lowest BCUT2D eigenvalue weighted by Crippen LogP contribution is -2.52. The van der Waals surface area contributed by atoms with E-state index in [0.29, 0.717) is 0 Å². The van der Waals surface area contributed by atoms with Gasteiger partial charge in [0.1, 0.15) is 6.29 Å². The van der Waals surface area contributed by atoms with Crippen LogP contribution in [0.15, 0.2) is 30.3 Å². The average Bonchev–Trinajstić information content (AvgIpc) is 2.18. The fourth-order valence-electron chi connectivity index (χ4n) is 1.95. The zero-order chi connectivity index (χ0) is 11.4. The number of hydrogen-bond acceptors (Lipinski definition) is 3. The number of anilines is 1. The Morgan fingerprint density at radius 3 is 1.67 bits per heavy atom. The third kappa shape index (κ3) is 2.94. The molecule has 0 heterocycles. The number of hydrogen-bond donors (Lipinski definition) is 0. The van der Waals surface area contributed by atoms with Crippen molar-refractivity contribution in [2.75, 3.05) is 40.1 Å². The molecule has 0 saturated heterocycles. The van der Waals surface area contributed by atoms with Gasteiger partial charge in [0.2, 0.25) is 0 Å². The van der Waals surface area contributed by atoms with Crippen LogP contribution in [0.1, 0.15) is 0 Å². The number of nitrogens with zero attached hydrogens (tertiary/aromatic N) is 3. The third-order valence-electron chi connectivity index (χ3n) is 2.43.